The molecule has 0 amide bonds. The van der Waals surface area contributed by atoms with Crippen molar-refractivity contribution in [1.29, 1.82) is 0 Å². The zero-order valence-electron chi connectivity index (χ0n) is 12.1. The monoisotopic (exact) mass is 283 g/mol. The number of likely N-dealkylation sites (tertiary alicyclic amines) is 1. The largest absolute Gasteiger partial charge is 0.393 e. The normalized spacial score (nSPS) is 20.9. The Hall–Kier alpha value is -1.00. The van der Waals surface area contributed by atoms with Gasteiger partial charge in [-0.25, -0.2) is 8.78 Å². The summed E-state index contributed by atoms with van der Waals surface area (Å²) in [5.74, 6) is -0.662. The maximum Gasteiger partial charge on any atom is 0.130 e. The van der Waals surface area contributed by atoms with Gasteiger partial charge in [0.15, 0.2) is 0 Å². The lowest BCUT2D eigenvalue weighted by Crippen LogP contribution is -2.39. The van der Waals surface area contributed by atoms with E-state index < -0.39 is 11.6 Å². The van der Waals surface area contributed by atoms with Gasteiger partial charge in [-0.05, 0) is 51.3 Å². The highest BCUT2D eigenvalue weighted by molar-refractivity contribution is 5.22. The molecule has 1 aliphatic heterocycles. The molecule has 2 rings (SSSR count). The number of hydrogen-bond acceptors (Lipinski definition) is 2. The maximum atomic E-state index is 13.9. The summed E-state index contributed by atoms with van der Waals surface area (Å²) >= 11 is 0. The predicted octanol–water partition coefficient (Wildman–Crippen LogP) is 3.51. The minimum absolute atomic E-state index is 0.00875. The van der Waals surface area contributed by atoms with E-state index in [0.717, 1.165) is 38.4 Å². The molecule has 2 nitrogen and oxygen atoms in total. The van der Waals surface area contributed by atoms with Gasteiger partial charge in [-0.15, -0.1) is 0 Å². The van der Waals surface area contributed by atoms with Gasteiger partial charge in [0.2, 0.25) is 0 Å². The molecule has 1 aromatic rings. The summed E-state index contributed by atoms with van der Waals surface area (Å²) in [6.45, 7) is 5.56. The Kier molecular flexibility index (Phi) is 5.11. The van der Waals surface area contributed by atoms with E-state index in [1.807, 2.05) is 13.8 Å². The summed E-state index contributed by atoms with van der Waals surface area (Å²) < 4.78 is 27.0. The van der Waals surface area contributed by atoms with Crippen molar-refractivity contribution in [3.8, 4) is 0 Å². The molecular weight excluding hydrogens is 260 g/mol. The highest BCUT2D eigenvalue weighted by Gasteiger charge is 2.28. The van der Waals surface area contributed by atoms with Gasteiger partial charge in [-0.1, -0.05) is 13.0 Å². The Morgan fingerprint density at radius 1 is 1.30 bits per heavy atom. The Balaban J connectivity index is 2.09. The highest BCUT2D eigenvalue weighted by atomic mass is 19.1. The van der Waals surface area contributed by atoms with Gasteiger partial charge in [-0.2, -0.15) is 0 Å². The van der Waals surface area contributed by atoms with Gasteiger partial charge in [0.25, 0.3) is 0 Å². The van der Waals surface area contributed by atoms with Crippen molar-refractivity contribution >= 4 is 0 Å². The predicted molar refractivity (Wildman–Crippen MR) is 75.4 cm³/mol. The van der Waals surface area contributed by atoms with Crippen LogP contribution in [0.2, 0.25) is 0 Å². The molecule has 4 heteroatoms. The van der Waals surface area contributed by atoms with Crippen molar-refractivity contribution in [2.75, 3.05) is 13.1 Å². The van der Waals surface area contributed by atoms with Crippen LogP contribution in [0.3, 0.4) is 0 Å². The van der Waals surface area contributed by atoms with Crippen LogP contribution >= 0.6 is 0 Å². The van der Waals surface area contributed by atoms with Gasteiger partial charge in [-0.3, -0.25) is 4.90 Å². The fraction of sp³-hybridized carbons (Fsp3) is 0.625. The van der Waals surface area contributed by atoms with Crippen molar-refractivity contribution < 1.29 is 13.9 Å². The molecule has 0 aliphatic carbocycles. The van der Waals surface area contributed by atoms with Gasteiger partial charge in [0.05, 0.1) is 6.10 Å². The number of nitrogens with zero attached hydrogens (tertiary/aromatic N) is 1. The smallest absolute Gasteiger partial charge is 0.130 e. The van der Waals surface area contributed by atoms with Gasteiger partial charge >= 0.3 is 0 Å². The zero-order valence-corrected chi connectivity index (χ0v) is 12.1. The number of aliphatic hydroxyl groups excluding tert-OH is 1. The van der Waals surface area contributed by atoms with E-state index >= 15 is 0 Å². The van der Waals surface area contributed by atoms with Crippen LogP contribution in [-0.4, -0.2) is 29.2 Å². The first-order valence-electron chi connectivity index (χ1n) is 7.40. The summed E-state index contributed by atoms with van der Waals surface area (Å²) in [6, 6.07) is 3.83. The number of piperidine rings is 1. The average molecular weight is 283 g/mol. The SMILES string of the molecule is CCC(c1ccc(F)cc1F)N1CCC(C(C)O)CC1. The minimum Gasteiger partial charge on any atom is -0.393 e. The molecule has 2 atom stereocenters. The number of benzene rings is 1. The molecule has 1 saturated heterocycles. The zero-order chi connectivity index (χ0) is 14.7. The number of rotatable bonds is 4. The first-order valence-corrected chi connectivity index (χ1v) is 7.40. The first kappa shape index (κ1) is 15.4. The standard InChI is InChI=1S/C16H23F2NO/c1-3-16(14-5-4-13(17)10-15(14)18)19-8-6-12(7-9-19)11(2)20/h4-5,10-12,16,20H,3,6-9H2,1-2H3. The molecule has 1 N–H and O–H groups in total. The summed E-state index contributed by atoms with van der Waals surface area (Å²) in [5, 5.41) is 9.63. The molecule has 112 valence electrons. The summed E-state index contributed by atoms with van der Waals surface area (Å²) in [6.07, 6.45) is 2.37. The average Bonchev–Trinajstić information content (AvgIpc) is 2.42. The third-order valence-corrected chi connectivity index (χ3v) is 4.41. The van der Waals surface area contributed by atoms with Gasteiger partial charge in [0, 0.05) is 17.7 Å². The van der Waals surface area contributed by atoms with Crippen molar-refractivity contribution in [3.63, 3.8) is 0 Å². The molecule has 0 saturated carbocycles. The van der Waals surface area contributed by atoms with Gasteiger partial charge in [0.1, 0.15) is 11.6 Å². The molecular formula is C16H23F2NO. The van der Waals surface area contributed by atoms with Crippen LogP contribution in [-0.2, 0) is 0 Å². The molecule has 1 heterocycles. The number of hydrogen-bond donors (Lipinski definition) is 1. The molecule has 20 heavy (non-hydrogen) atoms. The van der Waals surface area contributed by atoms with E-state index in [2.05, 4.69) is 4.90 Å². The second-order valence-corrected chi connectivity index (χ2v) is 5.70. The second kappa shape index (κ2) is 6.64. The van der Waals surface area contributed by atoms with Crippen molar-refractivity contribution in [3.05, 3.63) is 35.4 Å². The van der Waals surface area contributed by atoms with Crippen LogP contribution in [0.25, 0.3) is 0 Å². The van der Waals surface area contributed by atoms with E-state index in [1.54, 1.807) is 6.07 Å². The van der Waals surface area contributed by atoms with Crippen molar-refractivity contribution in [2.45, 2.75) is 45.3 Å². The van der Waals surface area contributed by atoms with Crippen LogP contribution in [0.15, 0.2) is 18.2 Å². The van der Waals surface area contributed by atoms with E-state index in [1.165, 1.54) is 6.07 Å². The van der Waals surface area contributed by atoms with Crippen LogP contribution in [0, 0.1) is 17.6 Å². The van der Waals surface area contributed by atoms with Crippen molar-refractivity contribution in [1.82, 2.24) is 4.90 Å². The van der Waals surface area contributed by atoms with Crippen LogP contribution in [0.5, 0.6) is 0 Å². The molecule has 2 unspecified atom stereocenters. The number of halogens is 2. The Bertz CT molecular complexity index is 442. The molecule has 1 aliphatic rings. The maximum absolute atomic E-state index is 13.9. The summed E-state index contributed by atoms with van der Waals surface area (Å²) in [7, 11) is 0. The Morgan fingerprint density at radius 3 is 2.45 bits per heavy atom. The van der Waals surface area contributed by atoms with Crippen molar-refractivity contribution in [2.24, 2.45) is 5.92 Å². The van der Waals surface area contributed by atoms with E-state index in [-0.39, 0.29) is 12.1 Å². The number of aliphatic hydroxyl groups is 1. The molecule has 0 spiro atoms. The summed E-state index contributed by atoms with van der Waals surface area (Å²) in [4.78, 5) is 2.25. The second-order valence-electron chi connectivity index (χ2n) is 5.70. The first-order chi connectivity index (χ1) is 9.52. The quantitative estimate of drug-likeness (QED) is 0.914. The molecule has 0 bridgehead atoms. The Morgan fingerprint density at radius 2 is 1.95 bits per heavy atom. The third-order valence-electron chi connectivity index (χ3n) is 4.41. The lowest BCUT2D eigenvalue weighted by molar-refractivity contribution is 0.0538. The van der Waals surface area contributed by atoms with E-state index in [4.69, 9.17) is 0 Å². The Labute approximate surface area is 119 Å². The van der Waals surface area contributed by atoms with Gasteiger partial charge < -0.3 is 5.11 Å². The fourth-order valence-electron chi connectivity index (χ4n) is 3.16. The van der Waals surface area contributed by atoms with Crippen LogP contribution in [0.1, 0.15) is 44.7 Å². The minimum atomic E-state index is -0.533. The van der Waals surface area contributed by atoms with Crippen LogP contribution < -0.4 is 0 Å². The fourth-order valence-corrected chi connectivity index (χ4v) is 3.16. The lowest BCUT2D eigenvalue weighted by atomic mass is 9.90. The molecule has 0 aromatic heterocycles. The third kappa shape index (κ3) is 3.36. The lowest BCUT2D eigenvalue weighted by Gasteiger charge is -2.38. The van der Waals surface area contributed by atoms with Crippen LogP contribution in [0.4, 0.5) is 8.78 Å². The molecule has 0 radical (unpaired) electrons. The van der Waals surface area contributed by atoms with E-state index in [9.17, 15) is 13.9 Å². The highest BCUT2D eigenvalue weighted by Crippen LogP contribution is 2.31. The molecule has 1 aromatic carbocycles. The molecule has 1 fully saturated rings. The summed E-state index contributed by atoms with van der Waals surface area (Å²) in [5.41, 5.74) is 0.574. The topological polar surface area (TPSA) is 23.5 Å². The van der Waals surface area contributed by atoms with E-state index in [0.29, 0.717) is 11.5 Å².